The number of carbonyl (C=O) groups is 3. The number of Topliss-reactive ketones (excluding diaryl/α,β-unsaturated/α-hetero) is 1. The van der Waals surface area contributed by atoms with E-state index in [4.69, 9.17) is 0 Å². The Hall–Kier alpha value is -4.21. The molecule has 3 aliphatic rings. The Bertz CT molecular complexity index is 1230. The number of ketones is 1. The van der Waals surface area contributed by atoms with Gasteiger partial charge in [-0.05, 0) is 30.3 Å². The van der Waals surface area contributed by atoms with Crippen LogP contribution in [0.25, 0.3) is 0 Å². The van der Waals surface area contributed by atoms with Crippen LogP contribution in [0, 0.1) is 27.8 Å². The number of nitrogens with zero attached hydrogens (tertiary/aromatic N) is 4. The summed E-state index contributed by atoms with van der Waals surface area (Å²) in [7, 11) is 0. The first-order valence-corrected chi connectivity index (χ1v) is 9.79. The number of non-ortho nitro benzene ring substituents is 1. The van der Waals surface area contributed by atoms with Gasteiger partial charge in [0.15, 0.2) is 5.78 Å². The van der Waals surface area contributed by atoms with Crippen molar-refractivity contribution in [3.8, 4) is 0 Å². The van der Waals surface area contributed by atoms with Crippen LogP contribution < -0.4 is 4.90 Å². The second-order valence-electron chi connectivity index (χ2n) is 7.68. The van der Waals surface area contributed by atoms with E-state index in [0.29, 0.717) is 0 Å². The molecule has 0 aliphatic carbocycles. The van der Waals surface area contributed by atoms with Crippen LogP contribution in [0.2, 0.25) is 0 Å². The second kappa shape index (κ2) is 7.19. The van der Waals surface area contributed by atoms with Crippen LogP contribution in [0.15, 0.2) is 65.8 Å². The molecule has 2 fully saturated rings. The van der Waals surface area contributed by atoms with Gasteiger partial charge in [-0.3, -0.25) is 29.5 Å². The van der Waals surface area contributed by atoms with E-state index in [1.54, 1.807) is 12.2 Å². The molecule has 2 amide bonds. The van der Waals surface area contributed by atoms with Gasteiger partial charge in [0.1, 0.15) is 11.9 Å². The molecule has 3 aliphatic heterocycles. The molecule has 3 heterocycles. The summed E-state index contributed by atoms with van der Waals surface area (Å²) in [6.07, 6.45) is 4.79. The van der Waals surface area contributed by atoms with Crippen molar-refractivity contribution in [2.45, 2.75) is 12.1 Å². The molecule has 9 nitrogen and oxygen atoms in total. The number of nitro groups is 1. The highest BCUT2D eigenvalue weighted by atomic mass is 19.1. The Morgan fingerprint density at radius 3 is 2.50 bits per heavy atom. The van der Waals surface area contributed by atoms with E-state index in [-0.39, 0.29) is 16.9 Å². The van der Waals surface area contributed by atoms with Gasteiger partial charge >= 0.3 is 0 Å². The minimum Gasteiger partial charge on any atom is -0.292 e. The Morgan fingerprint density at radius 1 is 1.06 bits per heavy atom. The van der Waals surface area contributed by atoms with Crippen molar-refractivity contribution >= 4 is 35.2 Å². The standard InChI is InChI=1S/C22H15FN4O5/c23-13-6-8-14(9-7-13)25-21(29)17-16-5-2-10-24-26(16)19(18(17)22(25)30)20(28)12-3-1-4-15(11-12)27(31)32/h1-11,16-19H/t16-,17-,18-,19+/m0/s1. The number of amides is 2. The molecule has 0 bridgehead atoms. The molecule has 2 saturated heterocycles. The summed E-state index contributed by atoms with van der Waals surface area (Å²) in [5.41, 5.74) is 0.00627. The van der Waals surface area contributed by atoms with Crippen molar-refractivity contribution in [1.82, 2.24) is 5.01 Å². The molecule has 2 aromatic rings. The quantitative estimate of drug-likeness (QED) is 0.316. The maximum Gasteiger partial charge on any atom is 0.270 e. The number of anilines is 1. The molecule has 0 spiro atoms. The average molecular weight is 434 g/mol. The van der Waals surface area contributed by atoms with E-state index in [9.17, 15) is 28.9 Å². The summed E-state index contributed by atoms with van der Waals surface area (Å²) < 4.78 is 13.4. The number of benzene rings is 2. The zero-order chi connectivity index (χ0) is 22.6. The monoisotopic (exact) mass is 434 g/mol. The van der Waals surface area contributed by atoms with Gasteiger partial charge in [0.25, 0.3) is 5.69 Å². The maximum atomic E-state index is 13.5. The van der Waals surface area contributed by atoms with Crippen LogP contribution in [-0.4, -0.2) is 45.8 Å². The summed E-state index contributed by atoms with van der Waals surface area (Å²) in [5.74, 6) is -4.05. The Labute approximate surface area is 180 Å². The summed E-state index contributed by atoms with van der Waals surface area (Å²) in [5, 5.41) is 16.8. The van der Waals surface area contributed by atoms with Crippen molar-refractivity contribution in [1.29, 1.82) is 0 Å². The highest BCUT2D eigenvalue weighted by molar-refractivity contribution is 6.24. The third-order valence-corrected chi connectivity index (χ3v) is 5.99. The van der Waals surface area contributed by atoms with Crippen molar-refractivity contribution in [3.05, 3.63) is 82.2 Å². The second-order valence-corrected chi connectivity index (χ2v) is 7.68. The van der Waals surface area contributed by atoms with Crippen molar-refractivity contribution in [2.24, 2.45) is 16.9 Å². The number of halogens is 1. The SMILES string of the molecule is O=C(c1cccc([N+](=O)[O-])c1)[C@H]1[C@H]2C(=O)N(c3ccc(F)cc3)C(=O)[C@H]2[C@@H]2C=CC=NN21. The minimum absolute atomic E-state index is 0.0498. The molecule has 160 valence electrons. The lowest BCUT2D eigenvalue weighted by molar-refractivity contribution is -0.384. The third kappa shape index (κ3) is 2.83. The van der Waals surface area contributed by atoms with E-state index in [2.05, 4.69) is 5.10 Å². The van der Waals surface area contributed by atoms with Gasteiger partial charge in [0.05, 0.1) is 28.5 Å². The lowest BCUT2D eigenvalue weighted by Crippen LogP contribution is -2.46. The molecule has 5 rings (SSSR count). The zero-order valence-electron chi connectivity index (χ0n) is 16.4. The van der Waals surface area contributed by atoms with Crippen molar-refractivity contribution in [2.75, 3.05) is 4.90 Å². The van der Waals surface area contributed by atoms with Crippen LogP contribution in [0.5, 0.6) is 0 Å². The normalized spacial score (nSPS) is 25.8. The lowest BCUT2D eigenvalue weighted by Gasteiger charge is -2.30. The van der Waals surface area contributed by atoms with E-state index >= 15 is 0 Å². The molecule has 4 atom stereocenters. The lowest BCUT2D eigenvalue weighted by atomic mass is 9.86. The molecule has 0 aromatic heterocycles. The molecule has 0 N–H and O–H groups in total. The predicted molar refractivity (Wildman–Crippen MR) is 110 cm³/mol. The molecule has 10 heteroatoms. The number of nitro benzene ring substituents is 1. The first kappa shape index (κ1) is 19.7. The molecule has 0 saturated carbocycles. The number of carbonyl (C=O) groups excluding carboxylic acids is 3. The highest BCUT2D eigenvalue weighted by Gasteiger charge is 2.64. The number of fused-ring (bicyclic) bond motifs is 3. The Morgan fingerprint density at radius 2 is 1.78 bits per heavy atom. The van der Waals surface area contributed by atoms with Gasteiger partial charge in [-0.15, -0.1) is 0 Å². The predicted octanol–water partition coefficient (Wildman–Crippen LogP) is 2.33. The van der Waals surface area contributed by atoms with Gasteiger partial charge < -0.3 is 0 Å². The largest absolute Gasteiger partial charge is 0.292 e. The molecule has 0 unspecified atom stereocenters. The van der Waals surface area contributed by atoms with E-state index in [1.807, 2.05) is 0 Å². The summed E-state index contributed by atoms with van der Waals surface area (Å²) in [6.45, 7) is 0. The fourth-order valence-corrected chi connectivity index (χ4v) is 4.63. The van der Waals surface area contributed by atoms with Gasteiger partial charge in [0, 0.05) is 23.9 Å². The zero-order valence-corrected chi connectivity index (χ0v) is 16.4. The van der Waals surface area contributed by atoms with Gasteiger partial charge in [0.2, 0.25) is 11.8 Å². The fraction of sp³-hybridized carbons (Fsp3) is 0.182. The van der Waals surface area contributed by atoms with Crippen LogP contribution in [0.1, 0.15) is 10.4 Å². The Balaban J connectivity index is 1.57. The molecular weight excluding hydrogens is 419 g/mol. The van der Waals surface area contributed by atoms with Gasteiger partial charge in [-0.2, -0.15) is 5.10 Å². The number of allylic oxidation sites excluding steroid dienone is 1. The number of imide groups is 1. The summed E-state index contributed by atoms with van der Waals surface area (Å²) in [4.78, 5) is 51.7. The summed E-state index contributed by atoms with van der Waals surface area (Å²) in [6, 6.07) is 8.44. The molecular formula is C22H15FN4O5. The maximum absolute atomic E-state index is 13.5. The number of hydrogen-bond donors (Lipinski definition) is 0. The third-order valence-electron chi connectivity index (χ3n) is 5.99. The van der Waals surface area contributed by atoms with Crippen LogP contribution in [-0.2, 0) is 9.59 Å². The average Bonchev–Trinajstić information content (AvgIpc) is 3.27. The minimum atomic E-state index is -1.12. The van der Waals surface area contributed by atoms with E-state index in [0.717, 1.165) is 23.1 Å². The topological polar surface area (TPSA) is 113 Å². The highest BCUT2D eigenvalue weighted by Crippen LogP contribution is 2.46. The van der Waals surface area contributed by atoms with Gasteiger partial charge in [-0.1, -0.05) is 18.2 Å². The van der Waals surface area contributed by atoms with Crippen molar-refractivity contribution in [3.63, 3.8) is 0 Å². The van der Waals surface area contributed by atoms with Crippen LogP contribution in [0.3, 0.4) is 0 Å². The van der Waals surface area contributed by atoms with Crippen molar-refractivity contribution < 1.29 is 23.7 Å². The van der Waals surface area contributed by atoms with E-state index < -0.39 is 52.3 Å². The first-order chi connectivity index (χ1) is 15.4. The fourth-order valence-electron chi connectivity index (χ4n) is 4.63. The summed E-state index contributed by atoms with van der Waals surface area (Å²) >= 11 is 0. The molecule has 2 aromatic carbocycles. The van der Waals surface area contributed by atoms with E-state index in [1.165, 1.54) is 41.6 Å². The van der Waals surface area contributed by atoms with Crippen LogP contribution >= 0.6 is 0 Å². The van der Waals surface area contributed by atoms with Crippen LogP contribution in [0.4, 0.5) is 15.8 Å². The molecule has 0 radical (unpaired) electrons. The first-order valence-electron chi connectivity index (χ1n) is 9.79. The van der Waals surface area contributed by atoms with Gasteiger partial charge in [-0.25, -0.2) is 9.29 Å². The Kier molecular flexibility index (Phi) is 4.43. The number of rotatable bonds is 4. The smallest absolute Gasteiger partial charge is 0.270 e. The number of hydrogen-bond acceptors (Lipinski definition) is 7. The number of hydrazone groups is 1. The molecule has 32 heavy (non-hydrogen) atoms.